The first kappa shape index (κ1) is 11.2. The van der Waals surface area contributed by atoms with Gasteiger partial charge in [-0.05, 0) is 25.0 Å². The zero-order chi connectivity index (χ0) is 11.5. The van der Waals surface area contributed by atoms with Crippen LogP contribution in [0.25, 0.3) is 0 Å². The SMILES string of the molecule is COc1cccc(N2CCCC(N)C2)c1F. The van der Waals surface area contributed by atoms with Gasteiger partial charge >= 0.3 is 0 Å². The second kappa shape index (κ2) is 4.70. The van der Waals surface area contributed by atoms with Crippen molar-refractivity contribution in [2.24, 2.45) is 5.73 Å². The first-order valence-corrected chi connectivity index (χ1v) is 5.55. The van der Waals surface area contributed by atoms with Crippen molar-refractivity contribution >= 4 is 5.69 Å². The second-order valence-electron chi connectivity index (χ2n) is 4.14. The van der Waals surface area contributed by atoms with Gasteiger partial charge in [-0.1, -0.05) is 6.07 Å². The van der Waals surface area contributed by atoms with E-state index in [2.05, 4.69) is 0 Å². The molecular formula is C12H17FN2O. The van der Waals surface area contributed by atoms with Gasteiger partial charge in [-0.3, -0.25) is 0 Å². The molecule has 88 valence electrons. The van der Waals surface area contributed by atoms with Crippen molar-refractivity contribution in [1.82, 2.24) is 0 Å². The van der Waals surface area contributed by atoms with E-state index >= 15 is 0 Å². The molecule has 2 N–H and O–H groups in total. The van der Waals surface area contributed by atoms with Gasteiger partial charge in [0.1, 0.15) is 0 Å². The summed E-state index contributed by atoms with van der Waals surface area (Å²) in [5.41, 5.74) is 6.48. The summed E-state index contributed by atoms with van der Waals surface area (Å²) in [6.45, 7) is 1.57. The van der Waals surface area contributed by atoms with Gasteiger partial charge in [0, 0.05) is 19.1 Å². The number of hydrogen-bond acceptors (Lipinski definition) is 3. The van der Waals surface area contributed by atoms with E-state index in [0.717, 1.165) is 19.4 Å². The summed E-state index contributed by atoms with van der Waals surface area (Å²) < 4.78 is 18.9. The molecule has 0 spiro atoms. The minimum Gasteiger partial charge on any atom is -0.494 e. The molecule has 0 saturated carbocycles. The van der Waals surface area contributed by atoms with Crippen LogP contribution < -0.4 is 15.4 Å². The van der Waals surface area contributed by atoms with Crippen molar-refractivity contribution in [2.75, 3.05) is 25.1 Å². The smallest absolute Gasteiger partial charge is 0.188 e. The molecule has 0 amide bonds. The van der Waals surface area contributed by atoms with Crippen LogP contribution >= 0.6 is 0 Å². The van der Waals surface area contributed by atoms with E-state index in [4.69, 9.17) is 10.5 Å². The monoisotopic (exact) mass is 224 g/mol. The standard InChI is InChI=1S/C12H17FN2O/c1-16-11-6-2-5-10(12(11)13)15-7-3-4-9(14)8-15/h2,5-6,9H,3-4,7-8,14H2,1H3. The van der Waals surface area contributed by atoms with Gasteiger partial charge in [0.15, 0.2) is 11.6 Å². The number of nitrogens with zero attached hydrogens (tertiary/aromatic N) is 1. The van der Waals surface area contributed by atoms with Crippen LogP contribution in [0.1, 0.15) is 12.8 Å². The first-order chi connectivity index (χ1) is 7.72. The topological polar surface area (TPSA) is 38.5 Å². The number of nitrogens with two attached hydrogens (primary N) is 1. The van der Waals surface area contributed by atoms with Crippen LogP contribution in [0.4, 0.5) is 10.1 Å². The number of anilines is 1. The van der Waals surface area contributed by atoms with E-state index in [9.17, 15) is 4.39 Å². The number of hydrogen-bond donors (Lipinski definition) is 1. The maximum atomic E-state index is 14.0. The molecule has 0 bridgehead atoms. The Morgan fingerprint density at radius 3 is 3.00 bits per heavy atom. The molecule has 0 radical (unpaired) electrons. The maximum absolute atomic E-state index is 14.0. The van der Waals surface area contributed by atoms with Gasteiger partial charge in [-0.25, -0.2) is 4.39 Å². The molecule has 1 aromatic rings. The minimum atomic E-state index is -0.292. The predicted molar refractivity (Wildman–Crippen MR) is 62.4 cm³/mol. The third-order valence-corrected chi connectivity index (χ3v) is 2.96. The molecule has 1 aliphatic heterocycles. The fourth-order valence-corrected chi connectivity index (χ4v) is 2.13. The molecule has 1 aromatic carbocycles. The van der Waals surface area contributed by atoms with Gasteiger partial charge in [0.2, 0.25) is 0 Å². The van der Waals surface area contributed by atoms with Crippen LogP contribution in [0.15, 0.2) is 18.2 Å². The van der Waals surface area contributed by atoms with Crippen molar-refractivity contribution in [3.05, 3.63) is 24.0 Å². The molecule has 0 aliphatic carbocycles. The van der Waals surface area contributed by atoms with Crippen LogP contribution in [0, 0.1) is 5.82 Å². The van der Waals surface area contributed by atoms with Gasteiger partial charge in [0.05, 0.1) is 12.8 Å². The lowest BCUT2D eigenvalue weighted by atomic mass is 10.1. The number of benzene rings is 1. The molecule has 2 rings (SSSR count). The van der Waals surface area contributed by atoms with Gasteiger partial charge < -0.3 is 15.4 Å². The molecule has 1 heterocycles. The van der Waals surface area contributed by atoms with E-state index in [1.807, 2.05) is 4.90 Å². The lowest BCUT2D eigenvalue weighted by Crippen LogP contribution is -2.43. The van der Waals surface area contributed by atoms with Crippen molar-refractivity contribution in [3.63, 3.8) is 0 Å². The third kappa shape index (κ3) is 2.11. The molecule has 16 heavy (non-hydrogen) atoms. The maximum Gasteiger partial charge on any atom is 0.188 e. The fourth-order valence-electron chi connectivity index (χ4n) is 2.13. The summed E-state index contributed by atoms with van der Waals surface area (Å²) in [6, 6.07) is 5.34. The van der Waals surface area contributed by atoms with E-state index in [1.165, 1.54) is 7.11 Å². The third-order valence-electron chi connectivity index (χ3n) is 2.96. The zero-order valence-corrected chi connectivity index (χ0v) is 9.45. The average Bonchev–Trinajstić information content (AvgIpc) is 2.29. The number of ether oxygens (including phenoxy) is 1. The second-order valence-corrected chi connectivity index (χ2v) is 4.14. The first-order valence-electron chi connectivity index (χ1n) is 5.55. The molecule has 1 atom stereocenters. The molecule has 3 nitrogen and oxygen atoms in total. The summed E-state index contributed by atoms with van der Waals surface area (Å²) in [5, 5.41) is 0. The van der Waals surface area contributed by atoms with Crippen molar-refractivity contribution in [2.45, 2.75) is 18.9 Å². The Labute approximate surface area is 95.0 Å². The summed E-state index contributed by atoms with van der Waals surface area (Å²) in [5.74, 6) is -0.00394. The largest absolute Gasteiger partial charge is 0.494 e. The van der Waals surface area contributed by atoms with E-state index < -0.39 is 0 Å². The lowest BCUT2D eigenvalue weighted by molar-refractivity contribution is 0.385. The quantitative estimate of drug-likeness (QED) is 0.832. The molecular weight excluding hydrogens is 207 g/mol. The Hall–Kier alpha value is -1.29. The van der Waals surface area contributed by atoms with E-state index in [-0.39, 0.29) is 17.6 Å². The predicted octanol–water partition coefficient (Wildman–Crippen LogP) is 1.76. The minimum absolute atomic E-state index is 0.138. The van der Waals surface area contributed by atoms with E-state index in [0.29, 0.717) is 12.2 Å². The summed E-state index contributed by atoms with van der Waals surface area (Å²) in [7, 11) is 1.48. The number of rotatable bonds is 2. The summed E-state index contributed by atoms with van der Waals surface area (Å²) in [6.07, 6.45) is 2.03. The van der Waals surface area contributed by atoms with Crippen molar-refractivity contribution in [3.8, 4) is 5.75 Å². The molecule has 1 aliphatic rings. The van der Waals surface area contributed by atoms with Crippen molar-refractivity contribution in [1.29, 1.82) is 0 Å². The average molecular weight is 224 g/mol. The van der Waals surface area contributed by atoms with Gasteiger partial charge in [-0.15, -0.1) is 0 Å². The Morgan fingerprint density at radius 2 is 2.31 bits per heavy atom. The van der Waals surface area contributed by atoms with Crippen molar-refractivity contribution < 1.29 is 9.13 Å². The number of methoxy groups -OCH3 is 1. The highest BCUT2D eigenvalue weighted by molar-refractivity contribution is 5.53. The number of halogens is 1. The van der Waals surface area contributed by atoms with E-state index in [1.54, 1.807) is 18.2 Å². The summed E-state index contributed by atoms with van der Waals surface area (Å²) >= 11 is 0. The van der Waals surface area contributed by atoms with Crippen LogP contribution in [0.5, 0.6) is 5.75 Å². The van der Waals surface area contributed by atoms with Gasteiger partial charge in [-0.2, -0.15) is 0 Å². The molecule has 4 heteroatoms. The highest BCUT2D eigenvalue weighted by Crippen LogP contribution is 2.28. The Bertz CT molecular complexity index is 370. The van der Waals surface area contributed by atoms with Crippen LogP contribution in [-0.4, -0.2) is 26.2 Å². The molecule has 0 aromatic heterocycles. The summed E-state index contributed by atoms with van der Waals surface area (Å²) in [4.78, 5) is 1.99. The molecule has 1 saturated heterocycles. The van der Waals surface area contributed by atoms with Gasteiger partial charge in [0.25, 0.3) is 0 Å². The molecule has 1 unspecified atom stereocenters. The van der Waals surface area contributed by atoms with Crippen LogP contribution in [-0.2, 0) is 0 Å². The van der Waals surface area contributed by atoms with Crippen LogP contribution in [0.2, 0.25) is 0 Å². The Morgan fingerprint density at radius 1 is 1.50 bits per heavy atom. The van der Waals surface area contributed by atoms with Crippen LogP contribution in [0.3, 0.4) is 0 Å². The highest BCUT2D eigenvalue weighted by atomic mass is 19.1. The zero-order valence-electron chi connectivity index (χ0n) is 9.45. The lowest BCUT2D eigenvalue weighted by Gasteiger charge is -2.32. The Balaban J connectivity index is 2.25. The fraction of sp³-hybridized carbons (Fsp3) is 0.500. The number of piperidine rings is 1. The molecule has 1 fully saturated rings. The Kier molecular flexibility index (Phi) is 3.29. The highest BCUT2D eigenvalue weighted by Gasteiger charge is 2.20. The normalized spacial score (nSPS) is 20.9.